The molecule has 0 bridgehead atoms. The van der Waals surface area contributed by atoms with Gasteiger partial charge in [0.05, 0.1) is 11.8 Å². The molecule has 0 aromatic heterocycles. The van der Waals surface area contributed by atoms with Crippen LogP contribution in [0.1, 0.15) is 37.3 Å². The van der Waals surface area contributed by atoms with Crippen LogP contribution in [0.3, 0.4) is 0 Å². The van der Waals surface area contributed by atoms with Gasteiger partial charge < -0.3 is 10.1 Å². The van der Waals surface area contributed by atoms with E-state index in [2.05, 4.69) is 5.32 Å². The Morgan fingerprint density at radius 1 is 1.07 bits per heavy atom. The zero-order chi connectivity index (χ0) is 21.4. The molecule has 1 amide bonds. The summed E-state index contributed by atoms with van der Waals surface area (Å²) in [6, 6.07) is 14.9. The Kier molecular flexibility index (Phi) is 7.81. The van der Waals surface area contributed by atoms with E-state index in [1.54, 1.807) is 12.1 Å². The van der Waals surface area contributed by atoms with Crippen molar-refractivity contribution in [2.24, 2.45) is 0 Å². The summed E-state index contributed by atoms with van der Waals surface area (Å²) in [6.45, 7) is 1.19. The number of para-hydroxylation sites is 1. The monoisotopic (exact) mass is 434 g/mol. The van der Waals surface area contributed by atoms with E-state index in [0.717, 1.165) is 18.4 Å². The molecule has 162 valence electrons. The zero-order valence-electron chi connectivity index (χ0n) is 16.8. The quantitative estimate of drug-likeness (QED) is 0.623. The third-order valence-electron chi connectivity index (χ3n) is 5.04. The number of amides is 1. The second-order valence-corrected chi connectivity index (χ2v) is 9.39. The Bertz CT molecular complexity index is 931. The fraction of sp³-hybridized carbons (Fsp3) is 0.409. The molecular formula is C22H27FN2O4S. The van der Waals surface area contributed by atoms with Crippen LogP contribution in [0.5, 0.6) is 5.75 Å². The lowest BCUT2D eigenvalue weighted by Gasteiger charge is -2.20. The number of carbonyl (C=O) groups excluding carboxylic acids is 1. The van der Waals surface area contributed by atoms with E-state index in [9.17, 15) is 17.6 Å². The highest BCUT2D eigenvalue weighted by Gasteiger charge is 2.25. The van der Waals surface area contributed by atoms with E-state index in [-0.39, 0.29) is 36.9 Å². The number of nitrogens with one attached hydrogen (secondary N) is 1. The predicted molar refractivity (Wildman–Crippen MR) is 113 cm³/mol. The number of rotatable bonds is 10. The summed E-state index contributed by atoms with van der Waals surface area (Å²) >= 11 is 0. The van der Waals surface area contributed by atoms with Crippen LogP contribution >= 0.6 is 0 Å². The molecule has 2 aromatic carbocycles. The van der Waals surface area contributed by atoms with E-state index in [1.165, 1.54) is 16.4 Å². The third kappa shape index (κ3) is 6.27. The number of halogens is 1. The number of ether oxygens (including phenoxy) is 1. The number of hydrogen-bond acceptors (Lipinski definition) is 4. The normalized spacial score (nSPS) is 15.6. The summed E-state index contributed by atoms with van der Waals surface area (Å²) in [5, 5.41) is 2.88. The van der Waals surface area contributed by atoms with Crippen LogP contribution in [0, 0.1) is 5.82 Å². The maximum atomic E-state index is 13.8. The van der Waals surface area contributed by atoms with Crippen molar-refractivity contribution in [2.75, 3.05) is 25.4 Å². The van der Waals surface area contributed by atoms with Crippen molar-refractivity contribution < 1.29 is 22.3 Å². The molecule has 1 saturated heterocycles. The Hall–Kier alpha value is -2.45. The molecule has 1 N–H and O–H groups in total. The number of carbonyl (C=O) groups is 1. The van der Waals surface area contributed by atoms with Crippen LogP contribution < -0.4 is 10.1 Å². The van der Waals surface area contributed by atoms with Gasteiger partial charge in [-0.2, -0.15) is 0 Å². The van der Waals surface area contributed by atoms with Crippen molar-refractivity contribution in [2.45, 2.75) is 31.7 Å². The Balaban J connectivity index is 1.56. The highest BCUT2D eigenvalue weighted by molar-refractivity contribution is 7.89. The molecule has 0 radical (unpaired) electrons. The molecule has 3 rings (SSSR count). The molecule has 1 unspecified atom stereocenters. The summed E-state index contributed by atoms with van der Waals surface area (Å²) in [7, 11) is -3.30. The van der Waals surface area contributed by atoms with Crippen LogP contribution in [0.15, 0.2) is 54.6 Å². The Morgan fingerprint density at radius 3 is 2.43 bits per heavy atom. The third-order valence-corrected chi connectivity index (χ3v) is 7.00. The van der Waals surface area contributed by atoms with Crippen LogP contribution in [0.4, 0.5) is 4.39 Å². The summed E-state index contributed by atoms with van der Waals surface area (Å²) in [5.74, 6) is -0.660. The topological polar surface area (TPSA) is 75.7 Å². The van der Waals surface area contributed by atoms with Gasteiger partial charge in [0.1, 0.15) is 6.61 Å². The molecular weight excluding hydrogens is 407 g/mol. The van der Waals surface area contributed by atoms with Crippen LogP contribution in [0.2, 0.25) is 0 Å². The molecule has 1 atom stereocenters. The Labute approximate surface area is 177 Å². The van der Waals surface area contributed by atoms with Gasteiger partial charge >= 0.3 is 0 Å². The minimum Gasteiger partial charge on any atom is -0.488 e. The largest absolute Gasteiger partial charge is 0.488 e. The van der Waals surface area contributed by atoms with Crippen molar-refractivity contribution >= 4 is 15.9 Å². The average molecular weight is 435 g/mol. The smallest absolute Gasteiger partial charge is 0.220 e. The van der Waals surface area contributed by atoms with E-state index < -0.39 is 21.9 Å². The predicted octanol–water partition coefficient (Wildman–Crippen LogP) is 3.27. The van der Waals surface area contributed by atoms with Crippen LogP contribution in [0.25, 0.3) is 0 Å². The first-order valence-corrected chi connectivity index (χ1v) is 11.8. The number of nitrogens with zero attached hydrogens (tertiary/aromatic N) is 1. The fourth-order valence-electron chi connectivity index (χ4n) is 3.42. The number of benzene rings is 2. The van der Waals surface area contributed by atoms with Crippen LogP contribution in [-0.2, 0) is 14.8 Å². The molecule has 0 saturated carbocycles. The van der Waals surface area contributed by atoms with Crippen molar-refractivity contribution in [3.8, 4) is 5.75 Å². The summed E-state index contributed by atoms with van der Waals surface area (Å²) in [5.41, 5.74) is 0.826. The van der Waals surface area contributed by atoms with Gasteiger partial charge in [0.15, 0.2) is 11.6 Å². The van der Waals surface area contributed by atoms with Crippen molar-refractivity contribution in [3.63, 3.8) is 0 Å². The second-order valence-electron chi connectivity index (χ2n) is 7.30. The van der Waals surface area contributed by atoms with Gasteiger partial charge in [-0.25, -0.2) is 17.1 Å². The average Bonchev–Trinajstić information content (AvgIpc) is 3.29. The minimum atomic E-state index is -3.30. The molecule has 30 heavy (non-hydrogen) atoms. The lowest BCUT2D eigenvalue weighted by molar-refractivity contribution is -0.122. The molecule has 8 heteroatoms. The molecule has 1 heterocycles. The standard InChI is InChI=1S/C22H27FN2O4S/c23-19-11-4-5-12-21(19)29-17-20(18-9-2-1-3-10-18)24-22(26)13-8-16-30(27,28)25-14-6-7-15-25/h1-5,9-12,20H,6-8,13-17H2,(H,24,26). The molecule has 2 aromatic rings. The lowest BCUT2D eigenvalue weighted by atomic mass is 10.1. The number of hydrogen-bond donors (Lipinski definition) is 1. The summed E-state index contributed by atoms with van der Waals surface area (Å²) in [4.78, 5) is 12.5. The second kappa shape index (κ2) is 10.5. The highest BCUT2D eigenvalue weighted by Crippen LogP contribution is 2.20. The van der Waals surface area contributed by atoms with E-state index in [0.29, 0.717) is 13.1 Å². The van der Waals surface area contributed by atoms with Gasteiger partial charge in [0.2, 0.25) is 15.9 Å². The van der Waals surface area contributed by atoms with Crippen molar-refractivity contribution in [3.05, 3.63) is 66.0 Å². The van der Waals surface area contributed by atoms with E-state index in [1.807, 2.05) is 30.3 Å². The van der Waals surface area contributed by atoms with Crippen molar-refractivity contribution in [1.29, 1.82) is 0 Å². The molecule has 1 fully saturated rings. The fourth-order valence-corrected chi connectivity index (χ4v) is 5.00. The van der Waals surface area contributed by atoms with Crippen LogP contribution in [-0.4, -0.2) is 44.1 Å². The maximum Gasteiger partial charge on any atom is 0.220 e. The highest BCUT2D eigenvalue weighted by atomic mass is 32.2. The zero-order valence-corrected chi connectivity index (χ0v) is 17.6. The Morgan fingerprint density at radius 2 is 1.73 bits per heavy atom. The molecule has 0 spiro atoms. The van der Waals surface area contributed by atoms with Gasteiger partial charge in [-0.1, -0.05) is 42.5 Å². The van der Waals surface area contributed by atoms with E-state index >= 15 is 0 Å². The summed E-state index contributed by atoms with van der Waals surface area (Å²) in [6.07, 6.45) is 2.12. The number of sulfonamides is 1. The molecule has 0 aliphatic carbocycles. The minimum absolute atomic E-state index is 0.0395. The molecule has 1 aliphatic rings. The first-order chi connectivity index (χ1) is 14.5. The van der Waals surface area contributed by atoms with E-state index in [4.69, 9.17) is 4.74 Å². The van der Waals surface area contributed by atoms with Gasteiger partial charge in [-0.3, -0.25) is 4.79 Å². The first-order valence-electron chi connectivity index (χ1n) is 10.2. The van der Waals surface area contributed by atoms with Gasteiger partial charge in [-0.05, 0) is 37.0 Å². The first kappa shape index (κ1) is 22.2. The lowest BCUT2D eigenvalue weighted by Crippen LogP contribution is -2.33. The van der Waals surface area contributed by atoms with Gasteiger partial charge in [0, 0.05) is 19.5 Å². The SMILES string of the molecule is O=C(CCCS(=O)(=O)N1CCCC1)NC(COc1ccccc1F)c1ccccc1. The molecule has 1 aliphatic heterocycles. The summed E-state index contributed by atoms with van der Waals surface area (Å²) < 4.78 is 45.5. The van der Waals surface area contributed by atoms with Gasteiger partial charge in [-0.15, -0.1) is 0 Å². The van der Waals surface area contributed by atoms with Crippen molar-refractivity contribution in [1.82, 2.24) is 9.62 Å². The van der Waals surface area contributed by atoms with Gasteiger partial charge in [0.25, 0.3) is 0 Å². The maximum absolute atomic E-state index is 13.8. The molecule has 6 nitrogen and oxygen atoms in total.